The number of rotatable bonds is 5. The number of hydrogen-bond acceptors (Lipinski definition) is 5. The Morgan fingerprint density at radius 1 is 1.16 bits per heavy atom. The third kappa shape index (κ3) is 5.20. The molecule has 1 amide bonds. The highest BCUT2D eigenvalue weighted by molar-refractivity contribution is 9.10. The summed E-state index contributed by atoms with van der Waals surface area (Å²) in [6, 6.07) is 11.9. The van der Waals surface area contributed by atoms with E-state index in [2.05, 4.69) is 36.0 Å². The van der Waals surface area contributed by atoms with E-state index in [-0.39, 0.29) is 5.91 Å². The topological polar surface area (TPSA) is 48.5 Å². The van der Waals surface area contributed by atoms with Crippen LogP contribution >= 0.6 is 27.7 Å². The van der Waals surface area contributed by atoms with Gasteiger partial charge in [0.1, 0.15) is 5.82 Å². The molecule has 0 aliphatic carbocycles. The Bertz CT molecular complexity index is 700. The molecule has 2 aromatic rings. The summed E-state index contributed by atoms with van der Waals surface area (Å²) in [5, 5.41) is 2.97. The third-order valence-corrected chi connectivity index (χ3v) is 5.36. The van der Waals surface area contributed by atoms with Crippen molar-refractivity contribution in [2.75, 3.05) is 49.2 Å². The van der Waals surface area contributed by atoms with Crippen molar-refractivity contribution in [3.05, 3.63) is 47.1 Å². The van der Waals surface area contributed by atoms with Crippen molar-refractivity contribution in [3.8, 4) is 0 Å². The van der Waals surface area contributed by atoms with Gasteiger partial charge in [-0.2, -0.15) is 0 Å². The predicted octanol–water partition coefficient (Wildman–Crippen LogP) is 3.33. The van der Waals surface area contributed by atoms with E-state index in [1.807, 2.05) is 48.9 Å². The zero-order valence-electron chi connectivity index (χ0n) is 14.1. The standard InChI is InChI=1S/C18H21BrN4OS/c1-25-16-5-3-15(4-6-16)21-18(24)13-22-8-10-23(11-9-22)17-7-2-14(19)12-20-17/h2-7,12H,8-11,13H2,1H3,(H,21,24). The maximum atomic E-state index is 12.2. The molecule has 1 N–H and O–H groups in total. The van der Waals surface area contributed by atoms with E-state index in [9.17, 15) is 4.79 Å². The van der Waals surface area contributed by atoms with Gasteiger partial charge in [-0.15, -0.1) is 11.8 Å². The number of carbonyl (C=O) groups excluding carboxylic acids is 1. The Labute approximate surface area is 160 Å². The summed E-state index contributed by atoms with van der Waals surface area (Å²) >= 11 is 5.10. The highest BCUT2D eigenvalue weighted by atomic mass is 79.9. The summed E-state index contributed by atoms with van der Waals surface area (Å²) in [5.74, 6) is 1.02. The number of anilines is 2. The molecule has 0 spiro atoms. The lowest BCUT2D eigenvalue weighted by atomic mass is 10.3. The van der Waals surface area contributed by atoms with Crippen molar-refractivity contribution in [2.24, 2.45) is 0 Å². The Morgan fingerprint density at radius 3 is 2.48 bits per heavy atom. The average Bonchev–Trinajstić information content (AvgIpc) is 2.64. The summed E-state index contributed by atoms with van der Waals surface area (Å²) in [5.41, 5.74) is 0.848. The van der Waals surface area contributed by atoms with Crippen LogP contribution in [0.3, 0.4) is 0 Å². The molecule has 1 aromatic carbocycles. The van der Waals surface area contributed by atoms with Crippen molar-refractivity contribution >= 4 is 45.1 Å². The molecule has 3 rings (SSSR count). The van der Waals surface area contributed by atoms with E-state index in [0.29, 0.717) is 6.54 Å². The van der Waals surface area contributed by atoms with Gasteiger partial charge in [0.05, 0.1) is 6.54 Å². The Morgan fingerprint density at radius 2 is 1.88 bits per heavy atom. The highest BCUT2D eigenvalue weighted by Gasteiger charge is 2.19. The molecule has 0 saturated carbocycles. The van der Waals surface area contributed by atoms with Gasteiger partial charge in [0.2, 0.25) is 5.91 Å². The predicted molar refractivity (Wildman–Crippen MR) is 107 cm³/mol. The number of carbonyl (C=O) groups is 1. The van der Waals surface area contributed by atoms with Crippen LogP contribution in [0.25, 0.3) is 0 Å². The van der Waals surface area contributed by atoms with Crippen molar-refractivity contribution in [1.82, 2.24) is 9.88 Å². The van der Waals surface area contributed by atoms with E-state index in [0.717, 1.165) is 42.2 Å². The molecule has 0 radical (unpaired) electrons. The molecule has 1 aliphatic heterocycles. The quantitative estimate of drug-likeness (QED) is 0.751. The first-order valence-electron chi connectivity index (χ1n) is 8.17. The molecule has 0 atom stereocenters. The molecule has 132 valence electrons. The zero-order chi connectivity index (χ0) is 17.6. The first-order valence-corrected chi connectivity index (χ1v) is 10.2. The molecular formula is C18H21BrN4OS. The fourth-order valence-corrected chi connectivity index (χ4v) is 3.41. The maximum Gasteiger partial charge on any atom is 0.238 e. The van der Waals surface area contributed by atoms with E-state index < -0.39 is 0 Å². The van der Waals surface area contributed by atoms with Gasteiger partial charge in [0.15, 0.2) is 0 Å². The number of piperazine rings is 1. The van der Waals surface area contributed by atoms with E-state index in [4.69, 9.17) is 0 Å². The van der Waals surface area contributed by atoms with Crippen LogP contribution in [0.5, 0.6) is 0 Å². The Kier molecular flexibility index (Phi) is 6.34. The molecule has 1 aromatic heterocycles. The normalized spacial score (nSPS) is 15.2. The van der Waals surface area contributed by atoms with Crippen molar-refractivity contribution in [3.63, 3.8) is 0 Å². The number of halogens is 1. The van der Waals surface area contributed by atoms with E-state index in [1.54, 1.807) is 11.8 Å². The van der Waals surface area contributed by atoms with Gasteiger partial charge < -0.3 is 10.2 Å². The summed E-state index contributed by atoms with van der Waals surface area (Å²) in [7, 11) is 0. The van der Waals surface area contributed by atoms with E-state index >= 15 is 0 Å². The highest BCUT2D eigenvalue weighted by Crippen LogP contribution is 2.18. The number of nitrogens with zero attached hydrogens (tertiary/aromatic N) is 3. The lowest BCUT2D eigenvalue weighted by Gasteiger charge is -2.35. The first-order chi connectivity index (χ1) is 12.1. The molecule has 0 bridgehead atoms. The SMILES string of the molecule is CSc1ccc(NC(=O)CN2CCN(c3ccc(Br)cn3)CC2)cc1. The Hall–Kier alpha value is -1.57. The second-order valence-electron chi connectivity index (χ2n) is 5.87. The first kappa shape index (κ1) is 18.2. The molecule has 1 fully saturated rings. The molecular weight excluding hydrogens is 400 g/mol. The fourth-order valence-electron chi connectivity index (χ4n) is 2.77. The van der Waals surface area contributed by atoms with E-state index in [1.165, 1.54) is 4.90 Å². The van der Waals surface area contributed by atoms with Gasteiger partial charge in [-0.25, -0.2) is 4.98 Å². The van der Waals surface area contributed by atoms with Gasteiger partial charge >= 0.3 is 0 Å². The second kappa shape index (κ2) is 8.69. The smallest absolute Gasteiger partial charge is 0.238 e. The summed E-state index contributed by atoms with van der Waals surface area (Å²) in [6.07, 6.45) is 3.86. The largest absolute Gasteiger partial charge is 0.354 e. The number of hydrogen-bond donors (Lipinski definition) is 1. The van der Waals surface area contributed by atoms with Gasteiger partial charge in [-0.05, 0) is 58.6 Å². The maximum absolute atomic E-state index is 12.2. The number of nitrogens with one attached hydrogen (secondary N) is 1. The Balaban J connectivity index is 1.46. The molecule has 1 aliphatic rings. The van der Waals surface area contributed by atoms with Gasteiger partial charge in [0, 0.05) is 47.4 Å². The minimum absolute atomic E-state index is 0.0344. The molecule has 5 nitrogen and oxygen atoms in total. The summed E-state index contributed by atoms with van der Waals surface area (Å²) < 4.78 is 0.983. The molecule has 7 heteroatoms. The van der Waals surface area contributed by atoms with Crippen LogP contribution in [-0.4, -0.2) is 54.8 Å². The number of thioether (sulfide) groups is 1. The van der Waals surface area contributed by atoms with Crippen LogP contribution in [0.2, 0.25) is 0 Å². The average molecular weight is 421 g/mol. The monoisotopic (exact) mass is 420 g/mol. The summed E-state index contributed by atoms with van der Waals surface area (Å²) in [6.45, 7) is 3.90. The van der Waals surface area contributed by atoms with Gasteiger partial charge in [-0.3, -0.25) is 9.69 Å². The van der Waals surface area contributed by atoms with Crippen LogP contribution in [-0.2, 0) is 4.79 Å². The molecule has 25 heavy (non-hydrogen) atoms. The molecule has 1 saturated heterocycles. The lowest BCUT2D eigenvalue weighted by Crippen LogP contribution is -2.48. The van der Waals surface area contributed by atoms with Crippen LogP contribution in [0, 0.1) is 0 Å². The van der Waals surface area contributed by atoms with Crippen LogP contribution in [0.1, 0.15) is 0 Å². The lowest BCUT2D eigenvalue weighted by molar-refractivity contribution is -0.117. The van der Waals surface area contributed by atoms with Gasteiger partial charge in [-0.1, -0.05) is 0 Å². The molecule has 2 heterocycles. The van der Waals surface area contributed by atoms with Crippen LogP contribution in [0.15, 0.2) is 52.0 Å². The summed E-state index contributed by atoms with van der Waals surface area (Å²) in [4.78, 5) is 22.3. The van der Waals surface area contributed by atoms with Crippen LogP contribution < -0.4 is 10.2 Å². The van der Waals surface area contributed by atoms with Crippen molar-refractivity contribution in [2.45, 2.75) is 4.90 Å². The van der Waals surface area contributed by atoms with Crippen molar-refractivity contribution in [1.29, 1.82) is 0 Å². The molecule has 0 unspecified atom stereocenters. The number of pyridine rings is 1. The third-order valence-electron chi connectivity index (χ3n) is 4.15. The zero-order valence-corrected chi connectivity index (χ0v) is 16.5. The fraction of sp³-hybridized carbons (Fsp3) is 0.333. The second-order valence-corrected chi connectivity index (χ2v) is 7.67. The number of aromatic nitrogens is 1. The minimum atomic E-state index is 0.0344. The number of amides is 1. The van der Waals surface area contributed by atoms with Gasteiger partial charge in [0.25, 0.3) is 0 Å². The number of benzene rings is 1. The minimum Gasteiger partial charge on any atom is -0.354 e. The van der Waals surface area contributed by atoms with Crippen molar-refractivity contribution < 1.29 is 4.79 Å². The van der Waals surface area contributed by atoms with Crippen LogP contribution in [0.4, 0.5) is 11.5 Å².